The van der Waals surface area contributed by atoms with Gasteiger partial charge in [0.1, 0.15) is 0 Å². The van der Waals surface area contributed by atoms with Crippen molar-refractivity contribution >= 4 is 6.41 Å². The fourth-order valence-electron chi connectivity index (χ4n) is 2.28. The third-order valence-corrected chi connectivity index (χ3v) is 4.11. The van der Waals surface area contributed by atoms with Crippen LogP contribution in [-0.2, 0) is 4.79 Å². The van der Waals surface area contributed by atoms with Crippen molar-refractivity contribution < 1.29 is 4.79 Å². The average Bonchev–Trinajstić information content (AvgIpc) is 2.50. The maximum atomic E-state index is 10.3. The van der Waals surface area contributed by atoms with E-state index in [0.717, 1.165) is 32.5 Å². The van der Waals surface area contributed by atoms with Gasteiger partial charge in [-0.3, -0.25) is 9.69 Å². The number of carbonyl (C=O) groups excluding carboxylic acids is 1. The van der Waals surface area contributed by atoms with Crippen LogP contribution in [0.2, 0.25) is 0 Å². The standard InChI is InChI=1S/C16H34N2O.C2H6/c1-5-7-8-9-10-11-13-18(14-12-17-15-19)16(3,4)6-2;1-2/h15H,5-14H2,1-4H3,(H,17,19);1-2H3. The zero-order chi connectivity index (χ0) is 16.6. The second-order valence-corrected chi connectivity index (χ2v) is 5.99. The summed E-state index contributed by atoms with van der Waals surface area (Å²) < 4.78 is 0. The van der Waals surface area contributed by atoms with Crippen LogP contribution in [0.5, 0.6) is 0 Å². The fourth-order valence-corrected chi connectivity index (χ4v) is 2.28. The van der Waals surface area contributed by atoms with Crippen LogP contribution in [0.4, 0.5) is 0 Å². The smallest absolute Gasteiger partial charge is 0.207 e. The Bertz CT molecular complexity index is 217. The van der Waals surface area contributed by atoms with Crippen molar-refractivity contribution in [3.8, 4) is 0 Å². The Morgan fingerprint density at radius 1 is 0.952 bits per heavy atom. The molecule has 0 radical (unpaired) electrons. The van der Waals surface area contributed by atoms with Crippen molar-refractivity contribution in [3.63, 3.8) is 0 Å². The van der Waals surface area contributed by atoms with E-state index >= 15 is 0 Å². The lowest BCUT2D eigenvalue weighted by Gasteiger charge is -2.38. The van der Waals surface area contributed by atoms with E-state index in [1.54, 1.807) is 0 Å². The van der Waals surface area contributed by atoms with Crippen molar-refractivity contribution in [2.75, 3.05) is 19.6 Å². The summed E-state index contributed by atoms with van der Waals surface area (Å²) in [5, 5.41) is 2.77. The maximum absolute atomic E-state index is 10.3. The molecule has 3 heteroatoms. The monoisotopic (exact) mass is 300 g/mol. The first-order valence-electron chi connectivity index (χ1n) is 9.00. The highest BCUT2D eigenvalue weighted by atomic mass is 16.1. The van der Waals surface area contributed by atoms with Crippen LogP contribution in [-0.4, -0.2) is 36.5 Å². The lowest BCUT2D eigenvalue weighted by molar-refractivity contribution is -0.109. The van der Waals surface area contributed by atoms with Crippen molar-refractivity contribution in [3.05, 3.63) is 0 Å². The van der Waals surface area contributed by atoms with Gasteiger partial charge in [0.15, 0.2) is 0 Å². The second-order valence-electron chi connectivity index (χ2n) is 5.99. The van der Waals surface area contributed by atoms with E-state index in [1.165, 1.54) is 38.5 Å². The Kier molecular flexibility index (Phi) is 17.1. The molecule has 0 heterocycles. The largest absolute Gasteiger partial charge is 0.357 e. The van der Waals surface area contributed by atoms with Crippen molar-refractivity contribution in [2.45, 2.75) is 92.0 Å². The number of amides is 1. The van der Waals surface area contributed by atoms with Gasteiger partial charge in [0.25, 0.3) is 0 Å². The normalized spacial score (nSPS) is 11.0. The van der Waals surface area contributed by atoms with Crippen molar-refractivity contribution in [2.24, 2.45) is 0 Å². The number of hydrogen-bond acceptors (Lipinski definition) is 2. The van der Waals surface area contributed by atoms with E-state index in [-0.39, 0.29) is 5.54 Å². The van der Waals surface area contributed by atoms with E-state index in [0.29, 0.717) is 0 Å². The first-order valence-corrected chi connectivity index (χ1v) is 9.00. The van der Waals surface area contributed by atoms with Gasteiger partial charge in [0.05, 0.1) is 0 Å². The molecule has 0 aliphatic carbocycles. The van der Waals surface area contributed by atoms with Gasteiger partial charge in [-0.15, -0.1) is 0 Å². The molecule has 21 heavy (non-hydrogen) atoms. The Labute approximate surface area is 133 Å². The van der Waals surface area contributed by atoms with E-state index in [1.807, 2.05) is 13.8 Å². The molecule has 0 aliphatic heterocycles. The van der Waals surface area contributed by atoms with Crippen molar-refractivity contribution in [1.29, 1.82) is 0 Å². The predicted octanol–water partition coefficient (Wildman–Crippen LogP) is 4.61. The van der Waals surface area contributed by atoms with Gasteiger partial charge >= 0.3 is 0 Å². The highest BCUT2D eigenvalue weighted by Crippen LogP contribution is 2.19. The zero-order valence-corrected chi connectivity index (χ0v) is 15.5. The van der Waals surface area contributed by atoms with Gasteiger partial charge in [-0.05, 0) is 33.2 Å². The SMILES string of the molecule is CC.CCCCCCCCN(CCNC=O)C(C)(C)CC. The summed E-state index contributed by atoms with van der Waals surface area (Å²) in [5.41, 5.74) is 0.230. The summed E-state index contributed by atoms with van der Waals surface area (Å²) in [4.78, 5) is 12.9. The molecule has 0 aromatic heterocycles. The molecule has 0 aliphatic rings. The van der Waals surface area contributed by atoms with Gasteiger partial charge < -0.3 is 5.32 Å². The minimum Gasteiger partial charge on any atom is -0.357 e. The van der Waals surface area contributed by atoms with Crippen LogP contribution in [0.15, 0.2) is 0 Å². The van der Waals surface area contributed by atoms with Crippen LogP contribution in [0, 0.1) is 0 Å². The molecule has 128 valence electrons. The Hall–Kier alpha value is -0.570. The molecule has 0 rings (SSSR count). The van der Waals surface area contributed by atoms with Gasteiger partial charge in [0, 0.05) is 18.6 Å². The molecular formula is C18H40N2O. The van der Waals surface area contributed by atoms with Crippen LogP contribution >= 0.6 is 0 Å². The third-order valence-electron chi connectivity index (χ3n) is 4.11. The third kappa shape index (κ3) is 12.9. The van der Waals surface area contributed by atoms with E-state index in [2.05, 4.69) is 37.9 Å². The van der Waals surface area contributed by atoms with Crippen molar-refractivity contribution in [1.82, 2.24) is 10.2 Å². The maximum Gasteiger partial charge on any atom is 0.207 e. The molecular weight excluding hydrogens is 260 g/mol. The number of hydrogen-bond donors (Lipinski definition) is 1. The number of carbonyl (C=O) groups is 1. The summed E-state index contributed by atoms with van der Waals surface area (Å²) in [6, 6.07) is 0. The predicted molar refractivity (Wildman–Crippen MR) is 94.7 cm³/mol. The highest BCUT2D eigenvalue weighted by Gasteiger charge is 2.23. The number of unbranched alkanes of at least 4 members (excludes halogenated alkanes) is 5. The second kappa shape index (κ2) is 15.8. The zero-order valence-electron chi connectivity index (χ0n) is 15.5. The average molecular weight is 301 g/mol. The molecule has 0 aromatic rings. The van der Waals surface area contributed by atoms with E-state index in [9.17, 15) is 4.79 Å². The van der Waals surface area contributed by atoms with Crippen LogP contribution in [0.1, 0.15) is 86.5 Å². The number of nitrogens with zero attached hydrogens (tertiary/aromatic N) is 1. The first kappa shape index (κ1) is 22.7. The Morgan fingerprint density at radius 3 is 2.05 bits per heavy atom. The van der Waals surface area contributed by atoms with Gasteiger partial charge in [-0.1, -0.05) is 59.8 Å². The molecule has 0 bridgehead atoms. The molecule has 3 nitrogen and oxygen atoms in total. The molecule has 0 aromatic carbocycles. The summed E-state index contributed by atoms with van der Waals surface area (Å²) in [5.74, 6) is 0. The summed E-state index contributed by atoms with van der Waals surface area (Å²) in [6.45, 7) is 15.9. The van der Waals surface area contributed by atoms with Gasteiger partial charge in [0.2, 0.25) is 6.41 Å². The molecule has 0 atom stereocenters. The Balaban J connectivity index is 0. The minimum atomic E-state index is 0.230. The molecule has 0 saturated heterocycles. The van der Waals surface area contributed by atoms with Crippen LogP contribution in [0.3, 0.4) is 0 Å². The fraction of sp³-hybridized carbons (Fsp3) is 0.944. The van der Waals surface area contributed by atoms with Crippen LogP contribution < -0.4 is 5.32 Å². The topological polar surface area (TPSA) is 32.3 Å². The molecule has 0 unspecified atom stereocenters. The Morgan fingerprint density at radius 2 is 1.52 bits per heavy atom. The highest BCUT2D eigenvalue weighted by molar-refractivity contribution is 5.45. The quantitative estimate of drug-likeness (QED) is 0.398. The summed E-state index contributed by atoms with van der Waals surface area (Å²) >= 11 is 0. The van der Waals surface area contributed by atoms with Crippen LogP contribution in [0.25, 0.3) is 0 Å². The lowest BCUT2D eigenvalue weighted by atomic mass is 9.98. The number of nitrogens with one attached hydrogen (secondary N) is 1. The number of rotatable bonds is 13. The summed E-state index contributed by atoms with van der Waals surface area (Å²) in [6.07, 6.45) is 9.96. The van der Waals surface area contributed by atoms with E-state index in [4.69, 9.17) is 0 Å². The molecule has 0 spiro atoms. The molecule has 0 fully saturated rings. The molecule has 1 N–H and O–H groups in total. The summed E-state index contributed by atoms with van der Waals surface area (Å²) in [7, 11) is 0. The van der Waals surface area contributed by atoms with E-state index < -0.39 is 0 Å². The minimum absolute atomic E-state index is 0.230. The van der Waals surface area contributed by atoms with Gasteiger partial charge in [-0.2, -0.15) is 0 Å². The van der Waals surface area contributed by atoms with Gasteiger partial charge in [-0.25, -0.2) is 0 Å². The first-order chi connectivity index (χ1) is 10.1. The lowest BCUT2D eigenvalue weighted by Crippen LogP contribution is -2.46. The molecule has 1 amide bonds. The molecule has 0 saturated carbocycles.